The number of hydrogen-bond donors (Lipinski definition) is 1. The molecule has 0 aliphatic heterocycles. The standard InChI is InChI=1S/C12H14N2O2S/c1-3-7-17-8-6-13-10-4-5-14-11(9-10)12(15)16-2/h1,4-5,9H,6-8H2,2H3,(H,13,14). The third-order valence-electron chi connectivity index (χ3n) is 1.92. The van der Waals surface area contributed by atoms with Crippen LogP contribution in [0.3, 0.4) is 0 Å². The maximum absolute atomic E-state index is 11.2. The smallest absolute Gasteiger partial charge is 0.356 e. The van der Waals surface area contributed by atoms with Gasteiger partial charge in [0.1, 0.15) is 5.69 Å². The summed E-state index contributed by atoms with van der Waals surface area (Å²) in [6, 6.07) is 3.47. The number of esters is 1. The van der Waals surface area contributed by atoms with E-state index < -0.39 is 5.97 Å². The van der Waals surface area contributed by atoms with Crippen LogP contribution in [0.25, 0.3) is 0 Å². The molecule has 0 fully saturated rings. The fraction of sp³-hybridized carbons (Fsp3) is 0.333. The molecule has 0 atom stereocenters. The number of nitrogens with zero attached hydrogens (tertiary/aromatic N) is 1. The van der Waals surface area contributed by atoms with Crippen LogP contribution in [-0.4, -0.2) is 36.1 Å². The highest BCUT2D eigenvalue weighted by Crippen LogP contribution is 2.09. The first kappa shape index (κ1) is 13.4. The number of aromatic nitrogens is 1. The van der Waals surface area contributed by atoms with Crippen molar-refractivity contribution in [2.24, 2.45) is 0 Å². The van der Waals surface area contributed by atoms with Gasteiger partial charge in [-0.25, -0.2) is 9.78 Å². The minimum Gasteiger partial charge on any atom is -0.464 e. The summed E-state index contributed by atoms with van der Waals surface area (Å²) in [5.74, 6) is 3.76. The van der Waals surface area contributed by atoms with Crippen molar-refractivity contribution >= 4 is 23.4 Å². The van der Waals surface area contributed by atoms with Gasteiger partial charge in [-0.3, -0.25) is 0 Å². The van der Waals surface area contributed by atoms with E-state index in [0.29, 0.717) is 11.4 Å². The third kappa shape index (κ3) is 4.79. The average Bonchev–Trinajstić information content (AvgIpc) is 2.38. The molecule has 5 heteroatoms. The Hall–Kier alpha value is -1.67. The van der Waals surface area contributed by atoms with E-state index in [4.69, 9.17) is 6.42 Å². The van der Waals surface area contributed by atoms with E-state index >= 15 is 0 Å². The summed E-state index contributed by atoms with van der Waals surface area (Å²) in [6.07, 6.45) is 6.71. The Bertz CT molecular complexity index is 415. The van der Waals surface area contributed by atoms with Crippen molar-refractivity contribution in [2.75, 3.05) is 30.5 Å². The molecule has 0 amide bonds. The lowest BCUT2D eigenvalue weighted by atomic mass is 10.3. The number of pyridine rings is 1. The van der Waals surface area contributed by atoms with Gasteiger partial charge in [-0.05, 0) is 12.1 Å². The Balaban J connectivity index is 2.44. The van der Waals surface area contributed by atoms with Crippen molar-refractivity contribution in [1.82, 2.24) is 4.98 Å². The van der Waals surface area contributed by atoms with Crippen LogP contribution >= 0.6 is 11.8 Å². The molecular formula is C12H14N2O2S. The number of nitrogens with one attached hydrogen (secondary N) is 1. The number of terminal acetylenes is 1. The van der Waals surface area contributed by atoms with Crippen LogP contribution in [0, 0.1) is 12.3 Å². The van der Waals surface area contributed by atoms with Crippen LogP contribution < -0.4 is 5.32 Å². The van der Waals surface area contributed by atoms with E-state index in [1.54, 1.807) is 30.1 Å². The first-order chi connectivity index (χ1) is 8.27. The number of anilines is 1. The zero-order valence-electron chi connectivity index (χ0n) is 9.60. The third-order valence-corrected chi connectivity index (χ3v) is 2.78. The van der Waals surface area contributed by atoms with Crippen LogP contribution in [0.15, 0.2) is 18.3 Å². The number of carbonyl (C=O) groups excluding carboxylic acids is 1. The Morgan fingerprint density at radius 2 is 2.53 bits per heavy atom. The molecule has 90 valence electrons. The van der Waals surface area contributed by atoms with Crippen LogP contribution in [0.1, 0.15) is 10.5 Å². The van der Waals surface area contributed by atoms with Gasteiger partial charge in [0.15, 0.2) is 0 Å². The first-order valence-electron chi connectivity index (χ1n) is 5.07. The zero-order valence-corrected chi connectivity index (χ0v) is 10.4. The molecule has 17 heavy (non-hydrogen) atoms. The molecule has 4 nitrogen and oxygen atoms in total. The number of rotatable bonds is 6. The lowest BCUT2D eigenvalue weighted by molar-refractivity contribution is 0.0594. The molecule has 0 saturated heterocycles. The topological polar surface area (TPSA) is 51.2 Å². The molecule has 1 N–H and O–H groups in total. The van der Waals surface area contributed by atoms with Crippen LogP contribution in [0.4, 0.5) is 5.69 Å². The number of thioether (sulfide) groups is 1. The van der Waals surface area contributed by atoms with E-state index in [-0.39, 0.29) is 0 Å². The summed E-state index contributed by atoms with van der Waals surface area (Å²) in [6.45, 7) is 0.789. The Morgan fingerprint density at radius 1 is 1.71 bits per heavy atom. The van der Waals surface area contributed by atoms with Gasteiger partial charge >= 0.3 is 5.97 Å². The highest BCUT2D eigenvalue weighted by Gasteiger charge is 2.06. The van der Waals surface area contributed by atoms with E-state index in [1.165, 1.54) is 7.11 Å². The molecule has 1 heterocycles. The minimum atomic E-state index is -0.435. The van der Waals surface area contributed by atoms with Gasteiger partial charge in [0.05, 0.1) is 12.9 Å². The lowest BCUT2D eigenvalue weighted by Gasteiger charge is -2.06. The molecule has 0 unspecified atom stereocenters. The van der Waals surface area contributed by atoms with Gasteiger partial charge in [0.25, 0.3) is 0 Å². The molecular weight excluding hydrogens is 236 g/mol. The molecule has 0 aliphatic carbocycles. The summed E-state index contributed by atoms with van der Waals surface area (Å²) < 4.78 is 4.59. The SMILES string of the molecule is C#CCSCCNc1ccnc(C(=O)OC)c1. The van der Waals surface area contributed by atoms with Crippen molar-refractivity contribution in [3.05, 3.63) is 24.0 Å². The summed E-state index contributed by atoms with van der Waals surface area (Å²) >= 11 is 1.68. The summed E-state index contributed by atoms with van der Waals surface area (Å²) in [5, 5.41) is 3.19. The number of hydrogen-bond acceptors (Lipinski definition) is 5. The molecule has 1 aromatic heterocycles. The van der Waals surface area contributed by atoms with Gasteiger partial charge in [-0.1, -0.05) is 5.92 Å². The molecule has 0 aromatic carbocycles. The monoisotopic (exact) mass is 250 g/mol. The van der Waals surface area contributed by atoms with E-state index in [1.807, 2.05) is 0 Å². The summed E-state index contributed by atoms with van der Waals surface area (Å²) in [7, 11) is 1.33. The molecule has 0 saturated carbocycles. The van der Waals surface area contributed by atoms with Gasteiger partial charge < -0.3 is 10.1 Å². The molecule has 0 aliphatic rings. The predicted molar refractivity (Wildman–Crippen MR) is 70.2 cm³/mol. The second-order valence-electron chi connectivity index (χ2n) is 3.10. The van der Waals surface area contributed by atoms with Gasteiger partial charge in [0.2, 0.25) is 0 Å². The molecule has 0 bridgehead atoms. The highest BCUT2D eigenvalue weighted by atomic mass is 32.2. The van der Waals surface area contributed by atoms with Gasteiger partial charge in [-0.15, -0.1) is 18.2 Å². The fourth-order valence-electron chi connectivity index (χ4n) is 1.16. The minimum absolute atomic E-state index is 0.300. The van der Waals surface area contributed by atoms with Gasteiger partial charge in [0, 0.05) is 24.2 Å². The molecule has 0 radical (unpaired) electrons. The second-order valence-corrected chi connectivity index (χ2v) is 4.21. The maximum Gasteiger partial charge on any atom is 0.356 e. The van der Waals surface area contributed by atoms with Crippen molar-refractivity contribution in [1.29, 1.82) is 0 Å². The summed E-state index contributed by atoms with van der Waals surface area (Å²) in [5.41, 5.74) is 1.15. The lowest BCUT2D eigenvalue weighted by Crippen LogP contribution is -2.08. The van der Waals surface area contributed by atoms with Crippen molar-refractivity contribution in [2.45, 2.75) is 0 Å². The summed E-state index contributed by atoms with van der Waals surface area (Å²) in [4.78, 5) is 15.2. The van der Waals surface area contributed by atoms with Crippen molar-refractivity contribution in [3.63, 3.8) is 0 Å². The Morgan fingerprint density at radius 3 is 3.24 bits per heavy atom. The van der Waals surface area contributed by atoms with Crippen LogP contribution in [-0.2, 0) is 4.74 Å². The van der Waals surface area contributed by atoms with Crippen molar-refractivity contribution < 1.29 is 9.53 Å². The normalized spacial score (nSPS) is 9.41. The maximum atomic E-state index is 11.2. The zero-order chi connectivity index (χ0) is 12.5. The molecule has 1 aromatic rings. The predicted octanol–water partition coefficient (Wildman–Crippen LogP) is 1.65. The number of carbonyl (C=O) groups is 1. The Labute approximate surface area is 105 Å². The van der Waals surface area contributed by atoms with Crippen LogP contribution in [0.2, 0.25) is 0 Å². The first-order valence-corrected chi connectivity index (χ1v) is 6.23. The van der Waals surface area contributed by atoms with E-state index in [9.17, 15) is 4.79 Å². The number of ether oxygens (including phenoxy) is 1. The van der Waals surface area contributed by atoms with Gasteiger partial charge in [-0.2, -0.15) is 0 Å². The number of methoxy groups -OCH3 is 1. The quantitative estimate of drug-likeness (QED) is 0.472. The second kappa shape index (κ2) is 7.58. The largest absolute Gasteiger partial charge is 0.464 e. The molecule has 1 rings (SSSR count). The van der Waals surface area contributed by atoms with E-state index in [0.717, 1.165) is 18.0 Å². The van der Waals surface area contributed by atoms with Crippen LogP contribution in [0.5, 0.6) is 0 Å². The molecule has 0 spiro atoms. The Kier molecular flexibility index (Phi) is 5.97. The fourth-order valence-corrected chi connectivity index (χ4v) is 1.66. The van der Waals surface area contributed by atoms with E-state index in [2.05, 4.69) is 21.0 Å². The van der Waals surface area contributed by atoms with Crippen molar-refractivity contribution in [3.8, 4) is 12.3 Å². The average molecular weight is 250 g/mol. The highest BCUT2D eigenvalue weighted by molar-refractivity contribution is 7.99.